The topological polar surface area (TPSA) is 42.0 Å². The minimum Gasteiger partial charge on any atom is -0.493 e. The van der Waals surface area contributed by atoms with Crippen LogP contribution >= 0.6 is 0 Å². The molecule has 1 heterocycles. The van der Waals surface area contributed by atoms with E-state index in [0.717, 1.165) is 36.6 Å². The molecule has 2 aromatic rings. The molecule has 0 unspecified atom stereocenters. The maximum absolute atomic E-state index is 12.0. The van der Waals surface area contributed by atoms with Crippen LogP contribution in [0.3, 0.4) is 0 Å². The molecule has 5 heteroatoms. The maximum atomic E-state index is 12.0. The van der Waals surface area contributed by atoms with Crippen molar-refractivity contribution in [1.82, 2.24) is 9.80 Å². The number of rotatable bonds is 7. The Labute approximate surface area is 179 Å². The van der Waals surface area contributed by atoms with E-state index in [0.29, 0.717) is 36.8 Å². The van der Waals surface area contributed by atoms with Gasteiger partial charge >= 0.3 is 0 Å². The zero-order valence-electron chi connectivity index (χ0n) is 18.2. The van der Waals surface area contributed by atoms with Crippen molar-refractivity contribution in [2.24, 2.45) is 11.8 Å². The number of carbonyl (C=O) groups is 1. The molecule has 5 nitrogen and oxygen atoms in total. The first-order valence-electron chi connectivity index (χ1n) is 10.8. The van der Waals surface area contributed by atoms with Crippen molar-refractivity contribution in [3.05, 3.63) is 59.7 Å². The number of ether oxygens (including phenoxy) is 2. The summed E-state index contributed by atoms with van der Waals surface area (Å²) in [5.74, 6) is 3.02. The monoisotopic (exact) mass is 408 g/mol. The molecule has 30 heavy (non-hydrogen) atoms. The number of methoxy groups -OCH3 is 1. The second-order valence-corrected chi connectivity index (χ2v) is 8.80. The minimum absolute atomic E-state index is 0.301. The SMILES string of the molecule is COc1cc(CN(C)[C@@H]2C[C@@H]3CC(=O)N(C)C[C@@H]3C2)ccc1OCc1ccccc1. The second kappa shape index (κ2) is 9.09. The molecule has 160 valence electrons. The molecule has 3 atom stereocenters. The van der Waals surface area contributed by atoms with Gasteiger partial charge in [0.15, 0.2) is 11.5 Å². The lowest BCUT2D eigenvalue weighted by Gasteiger charge is -2.31. The number of fused-ring (bicyclic) bond motifs is 1. The van der Waals surface area contributed by atoms with E-state index in [1.165, 1.54) is 12.0 Å². The molecule has 1 amide bonds. The van der Waals surface area contributed by atoms with E-state index >= 15 is 0 Å². The van der Waals surface area contributed by atoms with Crippen molar-refractivity contribution in [1.29, 1.82) is 0 Å². The highest BCUT2D eigenvalue weighted by Crippen LogP contribution is 2.40. The lowest BCUT2D eigenvalue weighted by molar-refractivity contribution is -0.134. The van der Waals surface area contributed by atoms with Crippen molar-refractivity contribution in [2.75, 3.05) is 27.7 Å². The lowest BCUT2D eigenvalue weighted by Crippen LogP contribution is -2.39. The molecule has 4 rings (SSSR count). The first-order chi connectivity index (χ1) is 14.5. The Kier molecular flexibility index (Phi) is 6.28. The van der Waals surface area contributed by atoms with Crippen LogP contribution in [0, 0.1) is 11.8 Å². The van der Waals surface area contributed by atoms with Gasteiger partial charge in [-0.05, 0) is 55.0 Å². The molecule has 1 aliphatic heterocycles. The van der Waals surface area contributed by atoms with Crippen molar-refractivity contribution in [3.8, 4) is 11.5 Å². The summed E-state index contributed by atoms with van der Waals surface area (Å²) in [7, 11) is 5.82. The predicted molar refractivity (Wildman–Crippen MR) is 117 cm³/mol. The average Bonchev–Trinajstić information content (AvgIpc) is 3.16. The number of carbonyl (C=O) groups excluding carboxylic acids is 1. The molecule has 1 saturated heterocycles. The van der Waals surface area contributed by atoms with E-state index in [-0.39, 0.29) is 0 Å². The van der Waals surface area contributed by atoms with Crippen molar-refractivity contribution in [3.63, 3.8) is 0 Å². The smallest absolute Gasteiger partial charge is 0.222 e. The molecule has 1 saturated carbocycles. The minimum atomic E-state index is 0.301. The maximum Gasteiger partial charge on any atom is 0.222 e. The van der Waals surface area contributed by atoms with Crippen molar-refractivity contribution < 1.29 is 14.3 Å². The third-order valence-electron chi connectivity index (χ3n) is 6.71. The van der Waals surface area contributed by atoms with Gasteiger partial charge in [0.05, 0.1) is 7.11 Å². The fraction of sp³-hybridized carbons (Fsp3) is 0.480. The third-order valence-corrected chi connectivity index (χ3v) is 6.71. The Morgan fingerprint density at radius 3 is 2.57 bits per heavy atom. The fourth-order valence-corrected chi connectivity index (χ4v) is 4.93. The van der Waals surface area contributed by atoms with Crippen molar-refractivity contribution >= 4 is 5.91 Å². The van der Waals surface area contributed by atoms with Gasteiger partial charge in [-0.25, -0.2) is 0 Å². The Balaban J connectivity index is 1.37. The molecule has 0 spiro atoms. The van der Waals surface area contributed by atoms with Gasteiger partial charge < -0.3 is 14.4 Å². The summed E-state index contributed by atoms with van der Waals surface area (Å²) in [5, 5.41) is 0. The van der Waals surface area contributed by atoms with Gasteiger partial charge in [0.25, 0.3) is 0 Å². The summed E-state index contributed by atoms with van der Waals surface area (Å²) >= 11 is 0. The number of hydrogen-bond donors (Lipinski definition) is 0. The Morgan fingerprint density at radius 1 is 1.03 bits per heavy atom. The number of likely N-dealkylation sites (tertiary alicyclic amines) is 1. The van der Waals surface area contributed by atoms with Crippen LogP contribution in [-0.4, -0.2) is 49.5 Å². The third kappa shape index (κ3) is 4.62. The molecule has 0 aromatic heterocycles. The number of hydrogen-bond acceptors (Lipinski definition) is 4. The van der Waals surface area contributed by atoms with Crippen LogP contribution in [0.25, 0.3) is 0 Å². The molecule has 1 aliphatic carbocycles. The van der Waals surface area contributed by atoms with Gasteiger partial charge in [-0.1, -0.05) is 36.4 Å². The van der Waals surface area contributed by atoms with Gasteiger partial charge in [-0.3, -0.25) is 9.69 Å². The molecule has 0 N–H and O–H groups in total. The highest BCUT2D eigenvalue weighted by Gasteiger charge is 2.41. The number of benzene rings is 2. The number of nitrogens with zero attached hydrogens (tertiary/aromatic N) is 2. The average molecular weight is 409 g/mol. The van der Waals surface area contributed by atoms with E-state index < -0.39 is 0 Å². The van der Waals surface area contributed by atoms with E-state index in [9.17, 15) is 4.79 Å². The summed E-state index contributed by atoms with van der Waals surface area (Å²) in [6, 6.07) is 16.9. The van der Waals surface area contributed by atoms with Crippen LogP contribution in [0.4, 0.5) is 0 Å². The zero-order chi connectivity index (χ0) is 21.1. The van der Waals surface area contributed by atoms with E-state index in [1.807, 2.05) is 36.2 Å². The van der Waals surface area contributed by atoms with E-state index in [4.69, 9.17) is 9.47 Å². The fourth-order valence-electron chi connectivity index (χ4n) is 4.93. The molecule has 2 aromatic carbocycles. The van der Waals surface area contributed by atoms with E-state index in [2.05, 4.69) is 36.2 Å². The number of piperidine rings is 1. The van der Waals surface area contributed by atoms with Crippen LogP contribution < -0.4 is 9.47 Å². The molecular weight excluding hydrogens is 376 g/mol. The largest absolute Gasteiger partial charge is 0.493 e. The van der Waals surface area contributed by atoms with Gasteiger partial charge in [0.1, 0.15) is 6.61 Å². The van der Waals surface area contributed by atoms with Crippen molar-refractivity contribution in [2.45, 2.75) is 38.5 Å². The Morgan fingerprint density at radius 2 is 1.80 bits per heavy atom. The normalized spacial score (nSPS) is 23.5. The van der Waals surface area contributed by atoms with Gasteiger partial charge in [-0.2, -0.15) is 0 Å². The molecule has 0 bridgehead atoms. The van der Waals surface area contributed by atoms with Crippen LogP contribution in [0.1, 0.15) is 30.4 Å². The lowest BCUT2D eigenvalue weighted by atomic mass is 9.88. The van der Waals surface area contributed by atoms with Crippen LogP contribution in [0.5, 0.6) is 11.5 Å². The van der Waals surface area contributed by atoms with Gasteiger partial charge in [0, 0.05) is 32.6 Å². The first kappa shape index (κ1) is 20.7. The summed E-state index contributed by atoms with van der Waals surface area (Å²) < 4.78 is 11.6. The molecular formula is C25H32N2O3. The van der Waals surface area contributed by atoms with Crippen LogP contribution in [-0.2, 0) is 17.9 Å². The molecule has 2 aliphatic rings. The highest BCUT2D eigenvalue weighted by molar-refractivity contribution is 5.77. The second-order valence-electron chi connectivity index (χ2n) is 8.80. The first-order valence-corrected chi connectivity index (χ1v) is 10.8. The standard InChI is InChI=1S/C25H32N2O3/c1-26(22-12-20-14-25(28)27(2)16-21(20)13-22)15-19-9-10-23(24(11-19)29-3)30-17-18-7-5-4-6-8-18/h4-11,20-22H,12-17H2,1-3H3/t20-,21+,22-/m1/s1. The highest BCUT2D eigenvalue weighted by atomic mass is 16.5. The van der Waals surface area contributed by atoms with Gasteiger partial charge in [0.2, 0.25) is 5.91 Å². The Hall–Kier alpha value is -2.53. The van der Waals surface area contributed by atoms with Crippen LogP contribution in [0.15, 0.2) is 48.5 Å². The zero-order valence-corrected chi connectivity index (χ0v) is 18.2. The Bertz CT molecular complexity index is 870. The summed E-state index contributed by atoms with van der Waals surface area (Å²) in [6.45, 7) is 2.30. The number of amides is 1. The summed E-state index contributed by atoms with van der Waals surface area (Å²) in [4.78, 5) is 16.4. The molecule has 0 radical (unpaired) electrons. The van der Waals surface area contributed by atoms with Crippen LogP contribution in [0.2, 0.25) is 0 Å². The summed E-state index contributed by atoms with van der Waals surface area (Å²) in [6.07, 6.45) is 3.01. The summed E-state index contributed by atoms with van der Waals surface area (Å²) in [5.41, 5.74) is 2.35. The van der Waals surface area contributed by atoms with E-state index in [1.54, 1.807) is 7.11 Å². The van der Waals surface area contributed by atoms with Gasteiger partial charge in [-0.15, -0.1) is 0 Å². The molecule has 2 fully saturated rings. The predicted octanol–water partition coefficient (Wildman–Crippen LogP) is 3.96. The quantitative estimate of drug-likeness (QED) is 0.695.